The Morgan fingerprint density at radius 2 is 2.20 bits per heavy atom. The van der Waals surface area contributed by atoms with Crippen LogP contribution in [-0.4, -0.2) is 23.3 Å². The summed E-state index contributed by atoms with van der Waals surface area (Å²) in [4.78, 5) is 0. The van der Waals surface area contributed by atoms with Crippen LogP contribution in [0.3, 0.4) is 0 Å². The third-order valence-corrected chi connectivity index (χ3v) is 5.01. The highest BCUT2D eigenvalue weighted by Gasteiger charge is 2.24. The summed E-state index contributed by atoms with van der Waals surface area (Å²) < 4.78 is 0. The van der Waals surface area contributed by atoms with Crippen LogP contribution in [0.2, 0.25) is 0 Å². The van der Waals surface area contributed by atoms with Gasteiger partial charge in [-0.1, -0.05) is 31.2 Å². The molecule has 1 aliphatic carbocycles. The number of rotatable bonds is 5. The smallest absolute Gasteiger partial charge is 0.124 e. The quantitative estimate of drug-likeness (QED) is 0.858. The highest BCUT2D eigenvalue weighted by Crippen LogP contribution is 2.37. The van der Waals surface area contributed by atoms with Crippen LogP contribution in [0.5, 0.6) is 0 Å². The molecule has 1 aliphatic rings. The molecule has 1 heterocycles. The predicted octanol–water partition coefficient (Wildman–Crippen LogP) is 3.16. The Hall–Kier alpha value is -1.26. The van der Waals surface area contributed by atoms with Crippen LogP contribution in [0.4, 0.5) is 0 Å². The number of hydrogen-bond donors (Lipinski definition) is 1. The highest BCUT2D eigenvalue weighted by molar-refractivity contribution is 7.11. The van der Waals surface area contributed by atoms with Gasteiger partial charge in [0.05, 0.1) is 0 Å². The Bertz CT molecular complexity index is 564. The Balaban J connectivity index is 1.77. The van der Waals surface area contributed by atoms with Crippen LogP contribution in [0.25, 0.3) is 0 Å². The van der Waals surface area contributed by atoms with E-state index in [1.165, 1.54) is 35.4 Å². The summed E-state index contributed by atoms with van der Waals surface area (Å²) in [5, 5.41) is 14.5. The molecular weight excluding hydrogens is 266 g/mol. The van der Waals surface area contributed by atoms with Crippen molar-refractivity contribution >= 4 is 11.3 Å². The second-order valence-corrected chi connectivity index (χ2v) is 6.37. The Kier molecular flexibility index (Phi) is 4.43. The van der Waals surface area contributed by atoms with Crippen molar-refractivity contribution in [2.24, 2.45) is 0 Å². The lowest BCUT2D eigenvalue weighted by Gasteiger charge is -2.23. The number of likely N-dealkylation sites (N-methyl/N-ethyl adjacent to an activating group) is 1. The first-order chi connectivity index (χ1) is 9.88. The van der Waals surface area contributed by atoms with Crippen LogP contribution in [0.1, 0.15) is 46.8 Å². The maximum absolute atomic E-state index is 4.46. The molecule has 3 rings (SSSR count). The fourth-order valence-corrected chi connectivity index (χ4v) is 3.89. The van der Waals surface area contributed by atoms with Crippen molar-refractivity contribution in [1.82, 2.24) is 15.5 Å². The van der Waals surface area contributed by atoms with Crippen molar-refractivity contribution in [2.75, 3.05) is 13.1 Å². The molecule has 0 saturated heterocycles. The second-order valence-electron chi connectivity index (χ2n) is 5.28. The number of aromatic nitrogens is 2. The minimum atomic E-state index is 0.463. The Labute approximate surface area is 124 Å². The lowest BCUT2D eigenvalue weighted by Crippen LogP contribution is -2.15. The summed E-state index contributed by atoms with van der Waals surface area (Å²) >= 11 is 1.79. The summed E-state index contributed by atoms with van der Waals surface area (Å²) in [5.41, 5.74) is 2.96. The van der Waals surface area contributed by atoms with E-state index in [4.69, 9.17) is 0 Å². The van der Waals surface area contributed by atoms with E-state index in [-0.39, 0.29) is 0 Å². The molecule has 1 aromatic carbocycles. The first-order valence-electron chi connectivity index (χ1n) is 7.49. The molecule has 106 valence electrons. The number of hydrogen-bond acceptors (Lipinski definition) is 4. The van der Waals surface area contributed by atoms with Crippen molar-refractivity contribution < 1.29 is 0 Å². The lowest BCUT2D eigenvalue weighted by atomic mass is 9.83. The molecule has 20 heavy (non-hydrogen) atoms. The van der Waals surface area contributed by atoms with E-state index in [9.17, 15) is 0 Å². The third-order valence-electron chi connectivity index (χ3n) is 3.92. The third kappa shape index (κ3) is 2.91. The zero-order valence-corrected chi connectivity index (χ0v) is 12.7. The predicted molar refractivity (Wildman–Crippen MR) is 83.4 cm³/mol. The molecule has 1 atom stereocenters. The van der Waals surface area contributed by atoms with Gasteiger partial charge in [-0.15, -0.1) is 21.5 Å². The number of fused-ring (bicyclic) bond motifs is 1. The minimum Gasteiger partial charge on any atom is -0.317 e. The number of benzene rings is 1. The van der Waals surface area contributed by atoms with Gasteiger partial charge in [0, 0.05) is 18.9 Å². The van der Waals surface area contributed by atoms with Crippen molar-refractivity contribution in [3.05, 3.63) is 45.4 Å². The van der Waals surface area contributed by atoms with Crippen LogP contribution in [-0.2, 0) is 12.8 Å². The largest absolute Gasteiger partial charge is 0.317 e. The maximum atomic E-state index is 4.46. The van der Waals surface area contributed by atoms with Gasteiger partial charge in [0.1, 0.15) is 10.0 Å². The lowest BCUT2D eigenvalue weighted by molar-refractivity contribution is 0.608. The molecule has 0 radical (unpaired) electrons. The fourth-order valence-electron chi connectivity index (χ4n) is 2.89. The van der Waals surface area contributed by atoms with Gasteiger partial charge in [-0.05, 0) is 36.9 Å². The van der Waals surface area contributed by atoms with E-state index in [0.717, 1.165) is 24.5 Å². The molecule has 2 aromatic rings. The van der Waals surface area contributed by atoms with Gasteiger partial charge in [0.2, 0.25) is 0 Å². The van der Waals surface area contributed by atoms with Gasteiger partial charge in [0.15, 0.2) is 0 Å². The average Bonchev–Trinajstić information content (AvgIpc) is 2.96. The van der Waals surface area contributed by atoms with Crippen LogP contribution >= 0.6 is 11.3 Å². The number of aryl methyl sites for hydroxylation is 1. The van der Waals surface area contributed by atoms with Gasteiger partial charge >= 0.3 is 0 Å². The summed E-state index contributed by atoms with van der Waals surface area (Å²) in [6.07, 6.45) is 4.66. The highest BCUT2D eigenvalue weighted by atomic mass is 32.1. The first kappa shape index (κ1) is 13.7. The molecule has 0 aliphatic heterocycles. The molecule has 4 heteroatoms. The molecule has 0 spiro atoms. The van der Waals surface area contributed by atoms with Gasteiger partial charge in [0.25, 0.3) is 0 Å². The van der Waals surface area contributed by atoms with E-state index in [0.29, 0.717) is 5.92 Å². The molecule has 0 amide bonds. The molecular formula is C16H21N3S. The van der Waals surface area contributed by atoms with E-state index >= 15 is 0 Å². The normalized spacial score (nSPS) is 17.9. The first-order valence-corrected chi connectivity index (χ1v) is 8.31. The van der Waals surface area contributed by atoms with Crippen LogP contribution < -0.4 is 5.32 Å². The Morgan fingerprint density at radius 1 is 1.30 bits per heavy atom. The Morgan fingerprint density at radius 3 is 3.10 bits per heavy atom. The summed E-state index contributed by atoms with van der Waals surface area (Å²) in [5.74, 6) is 0.463. The molecule has 0 bridgehead atoms. The van der Waals surface area contributed by atoms with Crippen molar-refractivity contribution in [3.63, 3.8) is 0 Å². The van der Waals surface area contributed by atoms with Gasteiger partial charge < -0.3 is 5.32 Å². The maximum Gasteiger partial charge on any atom is 0.124 e. The zero-order chi connectivity index (χ0) is 13.8. The monoisotopic (exact) mass is 287 g/mol. The van der Waals surface area contributed by atoms with Crippen molar-refractivity contribution in [2.45, 2.75) is 38.5 Å². The van der Waals surface area contributed by atoms with Crippen LogP contribution in [0, 0.1) is 0 Å². The zero-order valence-electron chi connectivity index (χ0n) is 11.9. The van der Waals surface area contributed by atoms with Gasteiger partial charge in [-0.25, -0.2) is 0 Å². The number of nitrogens with zero attached hydrogens (tertiary/aromatic N) is 2. The van der Waals surface area contributed by atoms with E-state index in [2.05, 4.69) is 46.7 Å². The fraction of sp³-hybridized carbons (Fsp3) is 0.500. The van der Waals surface area contributed by atoms with E-state index < -0.39 is 0 Å². The van der Waals surface area contributed by atoms with E-state index in [1.54, 1.807) is 11.3 Å². The van der Waals surface area contributed by atoms with E-state index in [1.807, 2.05) is 0 Å². The second kappa shape index (κ2) is 6.46. The van der Waals surface area contributed by atoms with Crippen molar-refractivity contribution in [3.8, 4) is 0 Å². The van der Waals surface area contributed by atoms with Crippen LogP contribution in [0.15, 0.2) is 24.3 Å². The standard InChI is InChI=1S/C16H21N3S/c1-2-17-11-10-15-18-19-16(20-15)14-9-5-7-12-6-3-4-8-13(12)14/h3-4,6,8,14,17H,2,5,7,9-11H2,1H3. The molecule has 1 aromatic heterocycles. The summed E-state index contributed by atoms with van der Waals surface area (Å²) in [6.45, 7) is 4.14. The molecule has 1 N–H and O–H groups in total. The van der Waals surface area contributed by atoms with Gasteiger partial charge in [-0.3, -0.25) is 0 Å². The summed E-state index contributed by atoms with van der Waals surface area (Å²) in [6, 6.07) is 8.81. The molecule has 3 nitrogen and oxygen atoms in total. The number of nitrogens with one attached hydrogen (secondary N) is 1. The molecule has 0 fully saturated rings. The summed E-state index contributed by atoms with van der Waals surface area (Å²) in [7, 11) is 0. The van der Waals surface area contributed by atoms with Crippen molar-refractivity contribution in [1.29, 1.82) is 0 Å². The average molecular weight is 287 g/mol. The van der Waals surface area contributed by atoms with Gasteiger partial charge in [-0.2, -0.15) is 0 Å². The SMILES string of the molecule is CCNCCc1nnc(C2CCCc3ccccc32)s1. The minimum absolute atomic E-state index is 0.463. The molecule has 1 unspecified atom stereocenters. The molecule has 0 saturated carbocycles. The topological polar surface area (TPSA) is 37.8 Å².